The van der Waals surface area contributed by atoms with E-state index < -0.39 is 15.1 Å². The van der Waals surface area contributed by atoms with E-state index in [2.05, 4.69) is 107 Å². The molecule has 0 bridgehead atoms. The molecule has 6 heteroatoms. The average Bonchev–Trinajstić information content (AvgIpc) is 2.77. The van der Waals surface area contributed by atoms with Crippen molar-refractivity contribution in [3.05, 3.63) is 91.0 Å². The standard InChI is InChI=1S/C20H21P.C4H11O4P/c1-2-21(18-12-6-3-7-13-18,19-14-8-4-9-15-19)20-16-10-5-11-17-20;1-3-7-9(5,6)8-4-2/h3-17,21H,2H2,1H3;3-4H2,1-2H3,(H,5,6). The summed E-state index contributed by atoms with van der Waals surface area (Å²) in [4.78, 5) is 8.63. The number of hydrogen-bond donors (Lipinski definition) is 1. The first-order valence-corrected chi connectivity index (χ1v) is 14.0. The molecule has 0 aliphatic rings. The molecule has 3 aromatic rings. The zero-order valence-corrected chi connectivity index (χ0v) is 19.8. The number of hydrogen-bond acceptors (Lipinski definition) is 3. The van der Waals surface area contributed by atoms with Crippen molar-refractivity contribution in [2.45, 2.75) is 20.8 Å². The maximum absolute atomic E-state index is 10.5. The molecule has 0 amide bonds. The maximum atomic E-state index is 10.5. The number of rotatable bonds is 8. The monoisotopic (exact) mass is 446 g/mol. The molecule has 3 aromatic carbocycles. The van der Waals surface area contributed by atoms with Crippen LogP contribution in [0.4, 0.5) is 0 Å². The van der Waals surface area contributed by atoms with E-state index in [1.165, 1.54) is 22.1 Å². The molecule has 0 atom stereocenters. The zero-order chi connectivity index (χ0) is 21.9. The van der Waals surface area contributed by atoms with Crippen LogP contribution in [0.3, 0.4) is 0 Å². The fourth-order valence-electron chi connectivity index (χ4n) is 3.64. The van der Waals surface area contributed by atoms with Crippen molar-refractivity contribution < 1.29 is 18.5 Å². The van der Waals surface area contributed by atoms with Gasteiger partial charge in [0.05, 0.1) is 13.2 Å². The zero-order valence-electron chi connectivity index (χ0n) is 17.9. The summed E-state index contributed by atoms with van der Waals surface area (Å²) in [7, 11) is -5.59. The molecule has 0 aliphatic carbocycles. The molecule has 0 unspecified atom stereocenters. The van der Waals surface area contributed by atoms with Crippen molar-refractivity contribution in [3.63, 3.8) is 0 Å². The van der Waals surface area contributed by atoms with Crippen molar-refractivity contribution in [2.24, 2.45) is 0 Å². The minimum atomic E-state index is -3.69. The van der Waals surface area contributed by atoms with E-state index in [-0.39, 0.29) is 13.2 Å². The van der Waals surface area contributed by atoms with Crippen LogP contribution in [0, 0.1) is 0 Å². The Morgan fingerprint density at radius 3 is 1.20 bits per heavy atom. The van der Waals surface area contributed by atoms with E-state index in [1.807, 2.05) is 0 Å². The normalized spacial score (nSPS) is 12.0. The van der Waals surface area contributed by atoms with Gasteiger partial charge in [-0.3, -0.25) is 9.05 Å². The van der Waals surface area contributed by atoms with Crippen LogP contribution in [0.5, 0.6) is 0 Å². The van der Waals surface area contributed by atoms with Crippen LogP contribution >= 0.6 is 15.1 Å². The van der Waals surface area contributed by atoms with E-state index in [1.54, 1.807) is 13.8 Å². The summed E-state index contributed by atoms with van der Waals surface area (Å²) in [6.07, 6.45) is 1.17. The fourth-order valence-corrected chi connectivity index (χ4v) is 8.88. The van der Waals surface area contributed by atoms with Crippen LogP contribution in [-0.2, 0) is 13.6 Å². The van der Waals surface area contributed by atoms with Crippen molar-refractivity contribution >= 4 is 31.0 Å². The Bertz CT molecular complexity index is 796. The Labute approximate surface area is 180 Å². The second kappa shape index (κ2) is 12.2. The second-order valence-electron chi connectivity index (χ2n) is 6.66. The van der Waals surface area contributed by atoms with Gasteiger partial charge in [-0.25, -0.2) is 4.57 Å². The quantitative estimate of drug-likeness (QED) is 0.501. The van der Waals surface area contributed by atoms with Crippen LogP contribution in [0.2, 0.25) is 0 Å². The summed E-state index contributed by atoms with van der Waals surface area (Å²) in [5.74, 6) is 0. The van der Waals surface area contributed by atoms with E-state index in [4.69, 9.17) is 4.89 Å². The molecule has 0 saturated carbocycles. The summed E-state index contributed by atoms with van der Waals surface area (Å²) >= 11 is 0. The van der Waals surface area contributed by atoms with Gasteiger partial charge in [0.2, 0.25) is 0 Å². The van der Waals surface area contributed by atoms with Crippen LogP contribution in [-0.4, -0.2) is 24.3 Å². The van der Waals surface area contributed by atoms with Gasteiger partial charge in [0, 0.05) is 0 Å². The van der Waals surface area contributed by atoms with Gasteiger partial charge in [0.25, 0.3) is 0 Å². The van der Waals surface area contributed by atoms with Gasteiger partial charge in [-0.1, -0.05) is 0 Å². The van der Waals surface area contributed by atoms with E-state index in [9.17, 15) is 4.57 Å². The van der Waals surface area contributed by atoms with E-state index in [0.717, 1.165) is 0 Å². The van der Waals surface area contributed by atoms with E-state index in [0.29, 0.717) is 0 Å². The van der Waals surface area contributed by atoms with Crippen LogP contribution < -0.4 is 15.9 Å². The predicted molar refractivity (Wildman–Crippen MR) is 130 cm³/mol. The van der Waals surface area contributed by atoms with E-state index >= 15 is 0 Å². The Morgan fingerprint density at radius 1 is 0.667 bits per heavy atom. The molecule has 0 aromatic heterocycles. The van der Waals surface area contributed by atoms with Crippen LogP contribution in [0.25, 0.3) is 0 Å². The summed E-state index contributed by atoms with van der Waals surface area (Å²) in [5.41, 5.74) is 0. The number of benzene rings is 3. The van der Waals surface area contributed by atoms with Crippen LogP contribution in [0.1, 0.15) is 20.8 Å². The third-order valence-corrected chi connectivity index (χ3v) is 11.1. The first-order valence-electron chi connectivity index (χ1n) is 10.3. The van der Waals surface area contributed by atoms with Gasteiger partial charge in [0.15, 0.2) is 0 Å². The fraction of sp³-hybridized carbons (Fsp3) is 0.250. The summed E-state index contributed by atoms with van der Waals surface area (Å²) in [6.45, 7) is 5.96. The van der Waals surface area contributed by atoms with Gasteiger partial charge >= 0.3 is 135 Å². The van der Waals surface area contributed by atoms with Gasteiger partial charge < -0.3 is 4.89 Å². The second-order valence-corrected chi connectivity index (χ2v) is 12.4. The predicted octanol–water partition coefficient (Wildman–Crippen LogP) is 4.89. The van der Waals surface area contributed by atoms with Crippen LogP contribution in [0.15, 0.2) is 91.0 Å². The Balaban J connectivity index is 0.000000303. The minimum absolute atomic E-state index is 0.188. The molecule has 0 spiro atoms. The molecule has 162 valence electrons. The van der Waals surface area contributed by atoms with Gasteiger partial charge in [0.1, 0.15) is 0 Å². The molecule has 30 heavy (non-hydrogen) atoms. The molecular formula is C24H32O4P2. The first kappa shape index (κ1) is 24.5. The Hall–Kier alpha value is -1.80. The number of phosphoric ester groups is 1. The van der Waals surface area contributed by atoms with Gasteiger partial charge in [-0.05, 0) is 13.8 Å². The van der Waals surface area contributed by atoms with Gasteiger partial charge in [-0.15, -0.1) is 0 Å². The number of phosphoric acid groups is 1. The molecule has 4 nitrogen and oxygen atoms in total. The Kier molecular flexibility index (Phi) is 9.91. The molecule has 0 fully saturated rings. The topological polar surface area (TPSA) is 55.8 Å². The van der Waals surface area contributed by atoms with Crippen molar-refractivity contribution in [3.8, 4) is 0 Å². The van der Waals surface area contributed by atoms with Gasteiger partial charge in [-0.2, -0.15) is 0 Å². The summed E-state index contributed by atoms with van der Waals surface area (Å²) in [6, 6.07) is 33.1. The van der Waals surface area contributed by atoms with Crippen molar-refractivity contribution in [1.29, 1.82) is 0 Å². The molecule has 3 rings (SSSR count). The summed E-state index contributed by atoms with van der Waals surface area (Å²) in [5, 5.41) is 4.47. The molecular weight excluding hydrogens is 414 g/mol. The Morgan fingerprint density at radius 2 is 0.967 bits per heavy atom. The summed E-state index contributed by atoms with van der Waals surface area (Å²) < 4.78 is 19.2. The molecule has 0 saturated heterocycles. The first-order chi connectivity index (χ1) is 14.5. The van der Waals surface area contributed by atoms with Crippen molar-refractivity contribution in [2.75, 3.05) is 19.4 Å². The average molecular weight is 446 g/mol. The SMILES string of the molecule is CCOP(=O)(O)OCC.CC[PH](c1ccccc1)(c1ccccc1)c1ccccc1. The molecule has 0 aliphatic heterocycles. The molecule has 0 radical (unpaired) electrons. The molecule has 1 N–H and O–H groups in total. The third-order valence-electron chi connectivity index (χ3n) is 4.91. The van der Waals surface area contributed by atoms with Crippen molar-refractivity contribution in [1.82, 2.24) is 0 Å². The molecule has 0 heterocycles. The third kappa shape index (κ3) is 6.35.